The van der Waals surface area contributed by atoms with E-state index < -0.39 is 12.0 Å². The summed E-state index contributed by atoms with van der Waals surface area (Å²) in [6, 6.07) is 15.9. The number of benzene rings is 2. The van der Waals surface area contributed by atoms with Gasteiger partial charge in [0.1, 0.15) is 11.8 Å². The third kappa shape index (κ3) is 4.38. The van der Waals surface area contributed by atoms with E-state index >= 15 is 0 Å². The highest BCUT2D eigenvalue weighted by Crippen LogP contribution is 2.16. The van der Waals surface area contributed by atoms with E-state index in [0.717, 1.165) is 17.0 Å². The molecular formula is C17H17NO3. The molecular weight excluding hydrogens is 266 g/mol. The van der Waals surface area contributed by atoms with E-state index in [1.54, 1.807) is 43.5 Å². The molecule has 0 spiro atoms. The van der Waals surface area contributed by atoms with Crippen molar-refractivity contribution in [1.29, 1.82) is 0 Å². The number of methoxy groups -OCH3 is 1. The average Bonchev–Trinajstić information content (AvgIpc) is 2.52. The Morgan fingerprint density at radius 1 is 1.14 bits per heavy atom. The predicted octanol–water partition coefficient (Wildman–Crippen LogP) is 3.27. The number of rotatable bonds is 6. The number of carbonyl (C=O) groups is 1. The number of anilines is 1. The van der Waals surface area contributed by atoms with Crippen LogP contribution in [0.5, 0.6) is 5.75 Å². The van der Waals surface area contributed by atoms with Crippen molar-refractivity contribution in [3.05, 3.63) is 66.2 Å². The summed E-state index contributed by atoms with van der Waals surface area (Å²) in [6.07, 6.45) is 3.41. The summed E-state index contributed by atoms with van der Waals surface area (Å²) >= 11 is 0. The fourth-order valence-corrected chi connectivity index (χ4v) is 1.83. The van der Waals surface area contributed by atoms with Crippen LogP contribution < -0.4 is 10.1 Å². The van der Waals surface area contributed by atoms with Crippen LogP contribution in [0.4, 0.5) is 5.69 Å². The van der Waals surface area contributed by atoms with E-state index in [1.165, 1.54) is 0 Å². The molecule has 0 saturated carbocycles. The molecule has 0 aliphatic rings. The van der Waals surface area contributed by atoms with Crippen LogP contribution in [-0.2, 0) is 4.79 Å². The number of hydrogen-bond acceptors (Lipinski definition) is 3. The molecule has 2 N–H and O–H groups in total. The first-order valence-corrected chi connectivity index (χ1v) is 6.55. The van der Waals surface area contributed by atoms with Crippen LogP contribution >= 0.6 is 0 Å². The molecule has 0 aliphatic heterocycles. The van der Waals surface area contributed by atoms with Gasteiger partial charge in [-0.1, -0.05) is 42.5 Å². The molecule has 108 valence electrons. The van der Waals surface area contributed by atoms with Gasteiger partial charge in [-0.15, -0.1) is 0 Å². The lowest BCUT2D eigenvalue weighted by Crippen LogP contribution is -2.26. The van der Waals surface area contributed by atoms with Crippen LogP contribution in [0.3, 0.4) is 0 Å². The first kappa shape index (κ1) is 14.7. The second kappa shape index (κ2) is 7.14. The lowest BCUT2D eigenvalue weighted by molar-refractivity contribution is -0.136. The third-order valence-electron chi connectivity index (χ3n) is 2.96. The van der Waals surface area contributed by atoms with Crippen LogP contribution in [-0.4, -0.2) is 24.2 Å². The maximum absolute atomic E-state index is 11.3. The number of carboxylic acid groups (broad SMARTS) is 1. The molecule has 2 aromatic rings. The SMILES string of the molecule is COc1ccc(NC(C=Cc2ccccc2)C(=O)O)cc1. The third-order valence-corrected chi connectivity index (χ3v) is 2.96. The van der Waals surface area contributed by atoms with E-state index in [4.69, 9.17) is 4.74 Å². The van der Waals surface area contributed by atoms with Crippen LogP contribution in [0, 0.1) is 0 Å². The summed E-state index contributed by atoms with van der Waals surface area (Å²) in [6.45, 7) is 0. The van der Waals surface area contributed by atoms with Gasteiger partial charge in [-0.05, 0) is 29.8 Å². The standard InChI is InChI=1S/C17H17NO3/c1-21-15-10-8-14(9-11-15)18-16(17(19)20)12-7-13-5-3-2-4-6-13/h2-12,16,18H,1H3,(H,19,20). The monoisotopic (exact) mass is 283 g/mol. The number of aliphatic carboxylic acids is 1. The Bertz CT molecular complexity index is 606. The molecule has 4 heteroatoms. The number of carboxylic acids is 1. The van der Waals surface area contributed by atoms with Gasteiger partial charge in [0.15, 0.2) is 0 Å². The largest absolute Gasteiger partial charge is 0.497 e. The van der Waals surface area contributed by atoms with E-state index in [2.05, 4.69) is 5.32 Å². The van der Waals surface area contributed by atoms with Crippen molar-refractivity contribution in [2.24, 2.45) is 0 Å². The van der Waals surface area contributed by atoms with Gasteiger partial charge in [0.2, 0.25) is 0 Å². The van der Waals surface area contributed by atoms with Gasteiger partial charge in [-0.25, -0.2) is 4.79 Å². The van der Waals surface area contributed by atoms with E-state index in [1.807, 2.05) is 30.3 Å². The van der Waals surface area contributed by atoms with Crippen molar-refractivity contribution in [2.45, 2.75) is 6.04 Å². The highest BCUT2D eigenvalue weighted by Gasteiger charge is 2.13. The highest BCUT2D eigenvalue weighted by molar-refractivity contribution is 5.81. The van der Waals surface area contributed by atoms with Crippen LogP contribution in [0.25, 0.3) is 6.08 Å². The minimum Gasteiger partial charge on any atom is -0.497 e. The maximum Gasteiger partial charge on any atom is 0.330 e. The van der Waals surface area contributed by atoms with Gasteiger partial charge in [0.05, 0.1) is 7.11 Å². The van der Waals surface area contributed by atoms with Crippen molar-refractivity contribution in [3.63, 3.8) is 0 Å². The number of nitrogens with one attached hydrogen (secondary N) is 1. The fraction of sp³-hybridized carbons (Fsp3) is 0.118. The smallest absolute Gasteiger partial charge is 0.330 e. The summed E-state index contributed by atoms with van der Waals surface area (Å²) in [5.41, 5.74) is 1.68. The molecule has 21 heavy (non-hydrogen) atoms. The first-order valence-electron chi connectivity index (χ1n) is 6.55. The van der Waals surface area contributed by atoms with Crippen LogP contribution in [0.1, 0.15) is 5.56 Å². The zero-order valence-electron chi connectivity index (χ0n) is 11.7. The Morgan fingerprint density at radius 2 is 1.81 bits per heavy atom. The zero-order valence-corrected chi connectivity index (χ0v) is 11.7. The predicted molar refractivity (Wildman–Crippen MR) is 83.5 cm³/mol. The molecule has 4 nitrogen and oxygen atoms in total. The molecule has 0 bridgehead atoms. The average molecular weight is 283 g/mol. The molecule has 0 fully saturated rings. The van der Waals surface area contributed by atoms with E-state index in [0.29, 0.717) is 0 Å². The topological polar surface area (TPSA) is 58.6 Å². The van der Waals surface area contributed by atoms with Gasteiger partial charge in [0, 0.05) is 5.69 Å². The maximum atomic E-state index is 11.3. The Kier molecular flexibility index (Phi) is 4.99. The van der Waals surface area contributed by atoms with Crippen molar-refractivity contribution in [3.8, 4) is 5.75 Å². The zero-order chi connectivity index (χ0) is 15.1. The number of hydrogen-bond donors (Lipinski definition) is 2. The molecule has 0 saturated heterocycles. The second-order valence-electron chi connectivity index (χ2n) is 4.46. The van der Waals surface area contributed by atoms with Crippen LogP contribution in [0.2, 0.25) is 0 Å². The lowest BCUT2D eigenvalue weighted by atomic mass is 10.1. The van der Waals surface area contributed by atoms with E-state index in [9.17, 15) is 9.90 Å². The molecule has 0 heterocycles. The minimum atomic E-state index is -0.932. The van der Waals surface area contributed by atoms with Gasteiger partial charge in [-0.2, -0.15) is 0 Å². The van der Waals surface area contributed by atoms with Gasteiger partial charge >= 0.3 is 5.97 Å². The Morgan fingerprint density at radius 3 is 2.38 bits per heavy atom. The molecule has 0 amide bonds. The first-order chi connectivity index (χ1) is 10.2. The molecule has 1 atom stereocenters. The Balaban J connectivity index is 2.08. The summed E-state index contributed by atoms with van der Waals surface area (Å²) in [5.74, 6) is -0.203. The Hall–Kier alpha value is -2.75. The van der Waals surface area contributed by atoms with Crippen molar-refractivity contribution in [2.75, 3.05) is 12.4 Å². The lowest BCUT2D eigenvalue weighted by Gasteiger charge is -2.12. The van der Waals surface area contributed by atoms with Crippen molar-refractivity contribution in [1.82, 2.24) is 0 Å². The van der Waals surface area contributed by atoms with Gasteiger partial charge in [0.25, 0.3) is 0 Å². The van der Waals surface area contributed by atoms with Crippen LogP contribution in [0.15, 0.2) is 60.7 Å². The van der Waals surface area contributed by atoms with Gasteiger partial charge < -0.3 is 15.2 Å². The number of ether oxygens (including phenoxy) is 1. The Labute approximate surface area is 123 Å². The quantitative estimate of drug-likeness (QED) is 0.854. The summed E-state index contributed by atoms with van der Waals surface area (Å²) in [7, 11) is 1.59. The van der Waals surface area contributed by atoms with E-state index in [-0.39, 0.29) is 0 Å². The molecule has 2 aromatic carbocycles. The molecule has 2 rings (SSSR count). The normalized spacial score (nSPS) is 12.0. The summed E-state index contributed by atoms with van der Waals surface area (Å²) in [5, 5.41) is 12.2. The molecule has 0 radical (unpaired) electrons. The minimum absolute atomic E-state index is 0.723. The molecule has 0 aliphatic carbocycles. The molecule has 1 unspecified atom stereocenters. The fourth-order valence-electron chi connectivity index (χ4n) is 1.83. The van der Waals surface area contributed by atoms with Gasteiger partial charge in [-0.3, -0.25) is 0 Å². The molecule has 0 aromatic heterocycles. The van der Waals surface area contributed by atoms with Crippen molar-refractivity contribution >= 4 is 17.7 Å². The van der Waals surface area contributed by atoms with Crippen molar-refractivity contribution < 1.29 is 14.6 Å². The summed E-state index contributed by atoms with van der Waals surface area (Å²) < 4.78 is 5.07. The summed E-state index contributed by atoms with van der Waals surface area (Å²) in [4.78, 5) is 11.3. The second-order valence-corrected chi connectivity index (χ2v) is 4.46. The highest BCUT2D eigenvalue weighted by atomic mass is 16.5.